The molecule has 0 bridgehead atoms. The van der Waals surface area contributed by atoms with Crippen molar-refractivity contribution in [3.8, 4) is 85.1 Å². The van der Waals surface area contributed by atoms with Crippen LogP contribution in [0.2, 0.25) is 0 Å². The summed E-state index contributed by atoms with van der Waals surface area (Å²) >= 11 is 0. The molecule has 2 aliphatic rings. The number of hydrogen-bond donors (Lipinski definition) is 0. The lowest BCUT2D eigenvalue weighted by Crippen LogP contribution is -2.32. The molecule has 1 spiro atoms. The fourth-order valence-electron chi connectivity index (χ4n) is 8.81. The van der Waals surface area contributed by atoms with Gasteiger partial charge in [-0.15, -0.1) is 0 Å². The zero-order valence-electron chi connectivity index (χ0n) is 31.2. The summed E-state index contributed by atoms with van der Waals surface area (Å²) < 4.78 is 7.11. The Morgan fingerprint density at radius 3 is 1.43 bits per heavy atom. The van der Waals surface area contributed by atoms with E-state index >= 15 is 0 Å². The fraction of sp³-hybridized carbons (Fsp3) is 0.0189. The van der Waals surface area contributed by atoms with Gasteiger partial charge in [0, 0.05) is 33.4 Å². The number of hydrogen-bond acceptors (Lipinski definition) is 5. The summed E-state index contributed by atoms with van der Waals surface area (Å²) in [4.78, 5) is 15.2. The molecule has 0 saturated carbocycles. The van der Waals surface area contributed by atoms with Crippen LogP contribution < -0.4 is 4.74 Å². The van der Waals surface area contributed by atoms with Crippen molar-refractivity contribution in [3.63, 3.8) is 0 Å². The van der Waals surface area contributed by atoms with E-state index in [1.54, 1.807) is 0 Å². The first-order valence-electron chi connectivity index (χ1n) is 19.3. The predicted octanol–water partition coefficient (Wildman–Crippen LogP) is 12.5. The van der Waals surface area contributed by atoms with Gasteiger partial charge in [-0.1, -0.05) is 164 Å². The Morgan fingerprint density at radius 2 is 0.845 bits per heavy atom. The van der Waals surface area contributed by atoms with Crippen LogP contribution in [0.4, 0.5) is 0 Å². The second-order valence-corrected chi connectivity index (χ2v) is 14.6. The molecular formula is C53H32N4O. The number of nitriles is 1. The molecule has 1 aliphatic heterocycles. The van der Waals surface area contributed by atoms with Crippen molar-refractivity contribution >= 4 is 0 Å². The van der Waals surface area contributed by atoms with Gasteiger partial charge in [-0.2, -0.15) is 5.26 Å². The summed E-state index contributed by atoms with van der Waals surface area (Å²) in [6.45, 7) is 0. The third-order valence-corrected chi connectivity index (χ3v) is 11.5. The molecule has 9 aromatic rings. The normalized spacial score (nSPS) is 12.7. The smallest absolute Gasteiger partial charge is 0.164 e. The van der Waals surface area contributed by atoms with E-state index in [-0.39, 0.29) is 0 Å². The molecule has 270 valence electrons. The second-order valence-electron chi connectivity index (χ2n) is 14.6. The average molecular weight is 741 g/mol. The molecule has 0 atom stereocenters. The Labute approximate surface area is 336 Å². The summed E-state index contributed by atoms with van der Waals surface area (Å²) in [7, 11) is 0. The van der Waals surface area contributed by atoms with E-state index in [9.17, 15) is 5.26 Å². The van der Waals surface area contributed by atoms with Gasteiger partial charge in [0.2, 0.25) is 0 Å². The lowest BCUT2D eigenvalue weighted by Gasteiger charge is -2.40. The number of aromatic nitrogens is 3. The summed E-state index contributed by atoms with van der Waals surface area (Å²) in [6.07, 6.45) is 0. The number of nitrogens with zero attached hydrogens (tertiary/aromatic N) is 4. The quantitative estimate of drug-likeness (QED) is 0.176. The topological polar surface area (TPSA) is 71.7 Å². The van der Waals surface area contributed by atoms with Crippen molar-refractivity contribution in [1.82, 2.24) is 15.0 Å². The van der Waals surface area contributed by atoms with Gasteiger partial charge in [0.05, 0.1) is 17.0 Å². The van der Waals surface area contributed by atoms with Gasteiger partial charge < -0.3 is 4.74 Å². The number of ether oxygens (including phenoxy) is 1. The van der Waals surface area contributed by atoms with E-state index in [1.165, 1.54) is 22.3 Å². The minimum absolute atomic E-state index is 0.590. The van der Waals surface area contributed by atoms with E-state index < -0.39 is 5.41 Å². The molecule has 0 saturated heterocycles. The van der Waals surface area contributed by atoms with Crippen LogP contribution in [-0.4, -0.2) is 15.0 Å². The lowest BCUT2D eigenvalue weighted by atomic mass is 9.65. The van der Waals surface area contributed by atoms with Crippen molar-refractivity contribution in [2.75, 3.05) is 0 Å². The monoisotopic (exact) mass is 740 g/mol. The molecule has 1 aliphatic carbocycles. The Morgan fingerprint density at radius 1 is 0.379 bits per heavy atom. The van der Waals surface area contributed by atoms with Crippen LogP contribution in [0.25, 0.3) is 67.5 Å². The first kappa shape index (κ1) is 33.4. The van der Waals surface area contributed by atoms with Crippen LogP contribution in [0.15, 0.2) is 194 Å². The number of fused-ring (bicyclic) bond motifs is 9. The van der Waals surface area contributed by atoms with Gasteiger partial charge in [0.1, 0.15) is 11.5 Å². The Kier molecular flexibility index (Phi) is 7.70. The largest absolute Gasteiger partial charge is 0.456 e. The van der Waals surface area contributed by atoms with Crippen molar-refractivity contribution in [2.45, 2.75) is 5.41 Å². The van der Waals surface area contributed by atoms with Gasteiger partial charge in [0.15, 0.2) is 17.5 Å². The zero-order valence-corrected chi connectivity index (χ0v) is 31.2. The van der Waals surface area contributed by atoms with Gasteiger partial charge in [0.25, 0.3) is 0 Å². The van der Waals surface area contributed by atoms with Crippen molar-refractivity contribution in [1.29, 1.82) is 5.26 Å². The summed E-state index contributed by atoms with van der Waals surface area (Å²) in [6, 6.07) is 69.1. The number of rotatable bonds is 5. The molecule has 2 heterocycles. The van der Waals surface area contributed by atoms with E-state index in [0.29, 0.717) is 23.0 Å². The summed E-state index contributed by atoms with van der Waals surface area (Å²) in [5.41, 5.74) is 13.8. The molecule has 8 aromatic carbocycles. The predicted molar refractivity (Wildman–Crippen MR) is 229 cm³/mol. The molecule has 0 amide bonds. The molecule has 0 N–H and O–H groups in total. The minimum Gasteiger partial charge on any atom is -0.456 e. The molecular weight excluding hydrogens is 709 g/mol. The maximum absolute atomic E-state index is 9.30. The van der Waals surface area contributed by atoms with E-state index in [2.05, 4.69) is 115 Å². The number of benzene rings is 8. The first-order valence-corrected chi connectivity index (χ1v) is 19.3. The van der Waals surface area contributed by atoms with Crippen LogP contribution in [0, 0.1) is 11.3 Å². The molecule has 58 heavy (non-hydrogen) atoms. The Bertz CT molecular complexity index is 2980. The zero-order chi connectivity index (χ0) is 38.6. The van der Waals surface area contributed by atoms with Crippen LogP contribution in [0.5, 0.6) is 11.5 Å². The minimum atomic E-state index is -0.692. The Hall–Kier alpha value is -7.94. The first-order chi connectivity index (χ1) is 28.7. The third kappa shape index (κ3) is 5.20. The SMILES string of the molecule is N#Cc1ccc(-c2ccc(-c3cccc4c3Oc3ccc(-c5nc(-c6ccccc6)nc(-c6ccccc6)n5)cc3C43c4ccccc4-c4ccccc43)cc2)cc1. The standard InChI is InChI=1S/C53H32N4O/c54-33-34-22-24-35(25-23-34)36-26-28-37(29-27-36)41-18-11-21-46-49(41)58-48-31-30-40(32-47(48)53(46)44-19-9-7-16-42(44)43-17-8-10-20-45(43)53)52-56-50(38-12-3-1-4-13-38)55-51(57-52)39-14-5-2-6-15-39/h1-32H. The van der Waals surface area contributed by atoms with E-state index in [4.69, 9.17) is 19.7 Å². The van der Waals surface area contributed by atoms with Crippen molar-refractivity contribution in [2.24, 2.45) is 0 Å². The van der Waals surface area contributed by atoms with Crippen molar-refractivity contribution in [3.05, 3.63) is 222 Å². The summed E-state index contributed by atoms with van der Waals surface area (Å²) in [5, 5.41) is 9.30. The highest BCUT2D eigenvalue weighted by Gasteiger charge is 2.51. The molecule has 0 fully saturated rings. The molecule has 5 heteroatoms. The van der Waals surface area contributed by atoms with Crippen LogP contribution in [-0.2, 0) is 5.41 Å². The van der Waals surface area contributed by atoms with Gasteiger partial charge in [-0.25, -0.2) is 15.0 Å². The fourth-order valence-corrected chi connectivity index (χ4v) is 8.81. The maximum Gasteiger partial charge on any atom is 0.164 e. The highest BCUT2D eigenvalue weighted by atomic mass is 16.5. The van der Waals surface area contributed by atoms with E-state index in [0.717, 1.165) is 61.6 Å². The average Bonchev–Trinajstić information content (AvgIpc) is 3.60. The van der Waals surface area contributed by atoms with Gasteiger partial charge in [-0.05, 0) is 69.3 Å². The Balaban J connectivity index is 1.12. The molecule has 5 nitrogen and oxygen atoms in total. The maximum atomic E-state index is 9.30. The van der Waals surface area contributed by atoms with Crippen molar-refractivity contribution < 1.29 is 4.74 Å². The molecule has 0 radical (unpaired) electrons. The van der Waals surface area contributed by atoms with Crippen LogP contribution >= 0.6 is 0 Å². The van der Waals surface area contributed by atoms with Gasteiger partial charge in [-0.3, -0.25) is 0 Å². The second kappa shape index (κ2) is 13.4. The van der Waals surface area contributed by atoms with Crippen LogP contribution in [0.1, 0.15) is 27.8 Å². The van der Waals surface area contributed by atoms with Crippen LogP contribution in [0.3, 0.4) is 0 Å². The molecule has 0 unspecified atom stereocenters. The molecule has 11 rings (SSSR count). The van der Waals surface area contributed by atoms with E-state index in [1.807, 2.05) is 84.9 Å². The molecule has 1 aromatic heterocycles. The lowest BCUT2D eigenvalue weighted by molar-refractivity contribution is 0.438. The highest BCUT2D eigenvalue weighted by Crippen LogP contribution is 2.63. The third-order valence-electron chi connectivity index (χ3n) is 11.5. The van der Waals surface area contributed by atoms with Gasteiger partial charge >= 0.3 is 0 Å². The highest BCUT2D eigenvalue weighted by molar-refractivity contribution is 5.91. The number of para-hydroxylation sites is 1. The summed E-state index contributed by atoms with van der Waals surface area (Å²) in [5.74, 6) is 3.44.